The molecule has 3 rings (SSSR count). The third kappa shape index (κ3) is 4.31. The number of rotatable bonds is 2. The fourth-order valence-electron chi connectivity index (χ4n) is 3.15. The van der Waals surface area contributed by atoms with Gasteiger partial charge in [-0.05, 0) is 45.1 Å². The topological polar surface area (TPSA) is 47.4 Å². The zero-order chi connectivity index (χ0) is 19.1. The number of ether oxygens (including phenoxy) is 1. The van der Waals surface area contributed by atoms with E-state index in [1.165, 1.54) is 11.3 Å². The lowest BCUT2D eigenvalue weighted by Crippen LogP contribution is -2.41. The van der Waals surface area contributed by atoms with Gasteiger partial charge < -0.3 is 9.64 Å². The van der Waals surface area contributed by atoms with E-state index < -0.39 is 18.3 Å². The molecule has 5 nitrogen and oxygen atoms in total. The van der Waals surface area contributed by atoms with Crippen LogP contribution < -0.4 is 0 Å². The van der Waals surface area contributed by atoms with E-state index in [0.29, 0.717) is 37.1 Å². The molecule has 1 amide bonds. The molecule has 0 spiro atoms. The molecule has 0 N–H and O–H groups in total. The summed E-state index contributed by atoms with van der Waals surface area (Å²) in [6, 6.07) is 1.68. The fraction of sp³-hybridized carbons (Fsp3) is 0.647. The van der Waals surface area contributed by atoms with E-state index in [1.807, 2.05) is 20.8 Å². The second-order valence-electron chi connectivity index (χ2n) is 7.53. The summed E-state index contributed by atoms with van der Waals surface area (Å²) in [7, 11) is 0. The molecule has 0 aliphatic carbocycles. The number of fused-ring (bicyclic) bond motifs is 1. The number of hydrogen-bond acceptors (Lipinski definition) is 4. The molecule has 0 saturated carbocycles. The summed E-state index contributed by atoms with van der Waals surface area (Å²) < 4.78 is 45.6. The zero-order valence-corrected chi connectivity index (χ0v) is 15.8. The summed E-state index contributed by atoms with van der Waals surface area (Å²) in [5.74, 6) is 0.0457. The first-order chi connectivity index (χ1) is 12.0. The lowest BCUT2D eigenvalue weighted by Gasteiger charge is -2.33. The number of alkyl halides is 3. The summed E-state index contributed by atoms with van der Waals surface area (Å²) in [5.41, 5.74) is 0.688. The zero-order valence-electron chi connectivity index (χ0n) is 15.0. The second kappa shape index (κ2) is 6.75. The SMILES string of the molecule is CC(C)(C)OC(=O)N1CCC(c2nn(CC(F)(F)F)c3ccsc23)CC1. The number of thiophene rings is 1. The van der Waals surface area contributed by atoms with Gasteiger partial charge in [0.25, 0.3) is 0 Å². The van der Waals surface area contributed by atoms with Crippen molar-refractivity contribution < 1.29 is 22.7 Å². The molecule has 0 bridgehead atoms. The molecule has 9 heteroatoms. The lowest BCUT2D eigenvalue weighted by atomic mass is 9.94. The minimum atomic E-state index is -4.31. The fourth-order valence-corrected chi connectivity index (χ4v) is 4.10. The normalized spacial score (nSPS) is 17.1. The van der Waals surface area contributed by atoms with Crippen molar-refractivity contribution in [1.82, 2.24) is 14.7 Å². The third-order valence-electron chi connectivity index (χ3n) is 4.25. The average Bonchev–Trinajstić information content (AvgIpc) is 3.08. The number of hydrogen-bond donors (Lipinski definition) is 0. The van der Waals surface area contributed by atoms with E-state index >= 15 is 0 Å². The number of halogens is 3. The van der Waals surface area contributed by atoms with Crippen molar-refractivity contribution in [2.24, 2.45) is 0 Å². The monoisotopic (exact) mass is 389 g/mol. The van der Waals surface area contributed by atoms with Gasteiger partial charge in [0.2, 0.25) is 0 Å². The van der Waals surface area contributed by atoms with E-state index in [1.54, 1.807) is 16.3 Å². The van der Waals surface area contributed by atoms with Crippen LogP contribution in [-0.4, -0.2) is 45.6 Å². The van der Waals surface area contributed by atoms with Crippen molar-refractivity contribution in [2.75, 3.05) is 13.1 Å². The van der Waals surface area contributed by atoms with Crippen LogP contribution in [0.3, 0.4) is 0 Å². The number of aromatic nitrogens is 2. The van der Waals surface area contributed by atoms with Gasteiger partial charge in [-0.2, -0.15) is 18.3 Å². The van der Waals surface area contributed by atoms with Crippen molar-refractivity contribution in [2.45, 2.75) is 57.9 Å². The summed E-state index contributed by atoms with van der Waals surface area (Å²) in [4.78, 5) is 13.8. The number of likely N-dealkylation sites (tertiary alicyclic amines) is 1. The van der Waals surface area contributed by atoms with Gasteiger partial charge in [-0.15, -0.1) is 11.3 Å². The van der Waals surface area contributed by atoms with Gasteiger partial charge in [-0.1, -0.05) is 0 Å². The van der Waals surface area contributed by atoms with E-state index in [-0.39, 0.29) is 12.0 Å². The molecule has 0 atom stereocenters. The van der Waals surface area contributed by atoms with Crippen LogP contribution in [0.25, 0.3) is 10.2 Å². The van der Waals surface area contributed by atoms with Crippen molar-refractivity contribution in [1.29, 1.82) is 0 Å². The highest BCUT2D eigenvalue weighted by Crippen LogP contribution is 2.36. The van der Waals surface area contributed by atoms with Gasteiger partial charge in [-0.25, -0.2) is 4.79 Å². The highest BCUT2D eigenvalue weighted by atomic mass is 32.1. The van der Waals surface area contributed by atoms with Gasteiger partial charge in [0.05, 0.1) is 15.9 Å². The number of amides is 1. The number of carbonyl (C=O) groups excluding carboxylic acids is 1. The smallest absolute Gasteiger partial charge is 0.410 e. The number of carbonyl (C=O) groups is 1. The van der Waals surface area contributed by atoms with Crippen LogP contribution in [0.5, 0.6) is 0 Å². The molecular formula is C17H22F3N3O2S. The first-order valence-corrected chi connectivity index (χ1v) is 9.40. The Labute approximate surface area is 153 Å². The maximum atomic E-state index is 12.8. The Morgan fingerprint density at radius 3 is 2.54 bits per heavy atom. The first-order valence-electron chi connectivity index (χ1n) is 8.52. The van der Waals surface area contributed by atoms with Crippen LogP contribution >= 0.6 is 11.3 Å². The van der Waals surface area contributed by atoms with Crippen LogP contribution in [-0.2, 0) is 11.3 Å². The lowest BCUT2D eigenvalue weighted by molar-refractivity contribution is -0.141. The predicted octanol–water partition coefficient (Wildman–Crippen LogP) is 4.77. The molecule has 26 heavy (non-hydrogen) atoms. The van der Waals surface area contributed by atoms with Crippen molar-refractivity contribution in [3.8, 4) is 0 Å². The van der Waals surface area contributed by atoms with Gasteiger partial charge in [-0.3, -0.25) is 4.68 Å². The Hall–Kier alpha value is -1.77. The standard InChI is InChI=1S/C17H22F3N3O2S/c1-16(2,3)25-15(24)22-7-4-11(5-8-22)13-14-12(6-9-26-14)23(21-13)10-17(18,19)20/h6,9,11H,4-5,7-8,10H2,1-3H3. The highest BCUT2D eigenvalue weighted by Gasteiger charge is 2.33. The minimum absolute atomic E-state index is 0.0457. The third-order valence-corrected chi connectivity index (χ3v) is 5.17. The van der Waals surface area contributed by atoms with Gasteiger partial charge in [0.1, 0.15) is 12.1 Å². The predicted molar refractivity (Wildman–Crippen MR) is 93.4 cm³/mol. The largest absolute Gasteiger partial charge is 0.444 e. The molecule has 1 aliphatic rings. The highest BCUT2D eigenvalue weighted by molar-refractivity contribution is 7.17. The Morgan fingerprint density at radius 1 is 1.31 bits per heavy atom. The molecule has 0 radical (unpaired) electrons. The molecular weight excluding hydrogens is 367 g/mol. The van der Waals surface area contributed by atoms with Crippen molar-refractivity contribution in [3.63, 3.8) is 0 Å². The molecule has 1 aliphatic heterocycles. The number of piperidine rings is 1. The van der Waals surface area contributed by atoms with Crippen LogP contribution in [0.2, 0.25) is 0 Å². The molecule has 1 fully saturated rings. The maximum Gasteiger partial charge on any atom is 0.410 e. The number of nitrogens with zero attached hydrogens (tertiary/aromatic N) is 3. The summed E-state index contributed by atoms with van der Waals surface area (Å²) >= 11 is 1.41. The van der Waals surface area contributed by atoms with Crippen LogP contribution in [0.4, 0.5) is 18.0 Å². The Kier molecular flexibility index (Phi) is 4.94. The molecule has 0 unspecified atom stereocenters. The van der Waals surface area contributed by atoms with E-state index in [0.717, 1.165) is 9.38 Å². The second-order valence-corrected chi connectivity index (χ2v) is 8.45. The Balaban J connectivity index is 1.72. The molecule has 144 valence electrons. The quantitative estimate of drug-likeness (QED) is 0.743. The Morgan fingerprint density at radius 2 is 1.96 bits per heavy atom. The van der Waals surface area contributed by atoms with E-state index in [9.17, 15) is 18.0 Å². The van der Waals surface area contributed by atoms with Crippen LogP contribution in [0, 0.1) is 0 Å². The summed E-state index contributed by atoms with van der Waals surface area (Å²) in [6.45, 7) is 5.39. The van der Waals surface area contributed by atoms with E-state index in [2.05, 4.69) is 5.10 Å². The molecule has 0 aromatic carbocycles. The molecule has 1 saturated heterocycles. The van der Waals surface area contributed by atoms with Crippen molar-refractivity contribution >= 4 is 27.6 Å². The first kappa shape index (κ1) is 19.0. The van der Waals surface area contributed by atoms with E-state index in [4.69, 9.17) is 4.74 Å². The van der Waals surface area contributed by atoms with Crippen molar-refractivity contribution in [3.05, 3.63) is 17.1 Å². The van der Waals surface area contributed by atoms with Crippen LogP contribution in [0.15, 0.2) is 11.4 Å². The molecule has 2 aromatic heterocycles. The van der Waals surface area contributed by atoms with Crippen LogP contribution in [0.1, 0.15) is 45.2 Å². The maximum absolute atomic E-state index is 12.8. The molecule has 3 heterocycles. The van der Waals surface area contributed by atoms with Gasteiger partial charge in [0, 0.05) is 19.0 Å². The summed E-state index contributed by atoms with van der Waals surface area (Å²) in [5, 5.41) is 6.05. The van der Waals surface area contributed by atoms with Gasteiger partial charge in [0.15, 0.2) is 0 Å². The van der Waals surface area contributed by atoms with Gasteiger partial charge >= 0.3 is 12.3 Å². The molecule has 2 aromatic rings. The average molecular weight is 389 g/mol. The summed E-state index contributed by atoms with van der Waals surface area (Å²) in [6.07, 6.45) is -3.33. The minimum Gasteiger partial charge on any atom is -0.444 e. The Bertz CT molecular complexity index is 783.